The van der Waals surface area contributed by atoms with Gasteiger partial charge in [-0.3, -0.25) is 9.59 Å². The molecule has 5 rings (SSSR count). The number of benzene rings is 3. The van der Waals surface area contributed by atoms with Gasteiger partial charge in [0.15, 0.2) is 12.4 Å². The highest BCUT2D eigenvalue weighted by Gasteiger charge is 2.23. The van der Waals surface area contributed by atoms with Gasteiger partial charge in [0.25, 0.3) is 11.8 Å². The fourth-order valence-electron chi connectivity index (χ4n) is 4.34. The van der Waals surface area contributed by atoms with E-state index in [1.165, 1.54) is 5.56 Å². The predicted octanol–water partition coefficient (Wildman–Crippen LogP) is 3.65. The number of amides is 2. The molecule has 0 saturated heterocycles. The first-order valence-corrected chi connectivity index (χ1v) is 12.4. The average Bonchev–Trinajstić information content (AvgIpc) is 3.20. The van der Waals surface area contributed by atoms with Gasteiger partial charge in [-0.05, 0) is 42.3 Å². The number of carbonyl (C=O) groups excluding carboxylic acids is 2. The van der Waals surface area contributed by atoms with E-state index in [1.807, 2.05) is 51.9 Å². The van der Waals surface area contributed by atoms with Gasteiger partial charge >= 0.3 is 0 Å². The van der Waals surface area contributed by atoms with E-state index >= 15 is 0 Å². The molecule has 0 saturated carbocycles. The van der Waals surface area contributed by atoms with Crippen LogP contribution in [0.15, 0.2) is 78.9 Å². The summed E-state index contributed by atoms with van der Waals surface area (Å²) in [4.78, 5) is 27.3. The molecule has 1 aliphatic heterocycles. The monoisotopic (exact) mass is 495 g/mol. The SMILES string of the molecule is Cc1ccc(-c2ccc(C(=O)N3CCc4nnc(CNC(=O)COc5ccccc5)n4CC3)cc2)cc1. The van der Waals surface area contributed by atoms with Crippen LogP contribution in [0.25, 0.3) is 11.1 Å². The molecule has 0 unspecified atom stereocenters. The Balaban J connectivity index is 1.16. The van der Waals surface area contributed by atoms with Gasteiger partial charge in [0.1, 0.15) is 11.6 Å². The van der Waals surface area contributed by atoms with Gasteiger partial charge in [0.2, 0.25) is 0 Å². The predicted molar refractivity (Wildman–Crippen MR) is 140 cm³/mol. The number of carbonyl (C=O) groups is 2. The van der Waals surface area contributed by atoms with Gasteiger partial charge in [-0.1, -0.05) is 60.2 Å². The van der Waals surface area contributed by atoms with Crippen molar-refractivity contribution in [2.75, 3.05) is 19.7 Å². The first kappa shape index (κ1) is 24.2. The van der Waals surface area contributed by atoms with Crippen LogP contribution < -0.4 is 10.1 Å². The summed E-state index contributed by atoms with van der Waals surface area (Å²) in [5.74, 6) is 1.89. The van der Waals surface area contributed by atoms with Crippen molar-refractivity contribution < 1.29 is 14.3 Å². The van der Waals surface area contributed by atoms with Crippen molar-refractivity contribution in [3.63, 3.8) is 0 Å². The zero-order chi connectivity index (χ0) is 25.6. The molecule has 1 aliphatic rings. The summed E-state index contributed by atoms with van der Waals surface area (Å²) in [5, 5.41) is 11.4. The third kappa shape index (κ3) is 5.86. The summed E-state index contributed by atoms with van der Waals surface area (Å²) in [6, 6.07) is 25.3. The van der Waals surface area contributed by atoms with Gasteiger partial charge in [-0.25, -0.2) is 0 Å². The molecule has 188 valence electrons. The zero-order valence-corrected chi connectivity index (χ0v) is 20.8. The molecular weight excluding hydrogens is 466 g/mol. The third-order valence-corrected chi connectivity index (χ3v) is 6.46. The number of aryl methyl sites for hydroxylation is 1. The maximum absolute atomic E-state index is 13.2. The van der Waals surface area contributed by atoms with Crippen LogP contribution in [0.2, 0.25) is 0 Å². The van der Waals surface area contributed by atoms with Crippen molar-refractivity contribution >= 4 is 11.8 Å². The number of hydrogen-bond acceptors (Lipinski definition) is 5. The molecule has 37 heavy (non-hydrogen) atoms. The van der Waals surface area contributed by atoms with E-state index in [-0.39, 0.29) is 25.0 Å². The summed E-state index contributed by atoms with van der Waals surface area (Å²) in [6.07, 6.45) is 0.602. The number of hydrogen-bond donors (Lipinski definition) is 1. The van der Waals surface area contributed by atoms with Gasteiger partial charge in [0, 0.05) is 31.6 Å². The minimum atomic E-state index is -0.235. The van der Waals surface area contributed by atoms with Crippen LogP contribution in [0.5, 0.6) is 5.75 Å². The molecule has 3 aromatic carbocycles. The molecule has 1 N–H and O–H groups in total. The lowest BCUT2D eigenvalue weighted by Crippen LogP contribution is -2.34. The van der Waals surface area contributed by atoms with Crippen molar-refractivity contribution in [2.24, 2.45) is 0 Å². The minimum Gasteiger partial charge on any atom is -0.484 e. The fraction of sp³-hybridized carbons (Fsp3) is 0.241. The smallest absolute Gasteiger partial charge is 0.258 e. The van der Waals surface area contributed by atoms with Gasteiger partial charge in [0.05, 0.1) is 6.54 Å². The van der Waals surface area contributed by atoms with Crippen molar-refractivity contribution in [3.05, 3.63) is 102 Å². The van der Waals surface area contributed by atoms with Gasteiger partial charge < -0.3 is 19.5 Å². The number of fused-ring (bicyclic) bond motifs is 1. The van der Waals surface area contributed by atoms with E-state index in [2.05, 4.69) is 46.7 Å². The zero-order valence-electron chi connectivity index (χ0n) is 20.8. The van der Waals surface area contributed by atoms with Crippen LogP contribution in [0, 0.1) is 6.92 Å². The Morgan fingerprint density at radius 3 is 2.30 bits per heavy atom. The summed E-state index contributed by atoms with van der Waals surface area (Å²) in [7, 11) is 0. The van der Waals surface area contributed by atoms with Crippen LogP contribution in [-0.2, 0) is 24.3 Å². The summed E-state index contributed by atoms with van der Waals surface area (Å²) < 4.78 is 7.48. The Morgan fingerprint density at radius 1 is 0.865 bits per heavy atom. The second kappa shape index (κ2) is 11.1. The highest BCUT2D eigenvalue weighted by atomic mass is 16.5. The molecular formula is C29H29N5O3. The Labute approximate surface area is 215 Å². The molecule has 0 atom stereocenters. The summed E-state index contributed by atoms with van der Waals surface area (Å²) >= 11 is 0. The second-order valence-corrected chi connectivity index (χ2v) is 9.05. The number of ether oxygens (including phenoxy) is 1. The van der Waals surface area contributed by atoms with E-state index in [0.29, 0.717) is 43.2 Å². The van der Waals surface area contributed by atoms with Crippen molar-refractivity contribution in [1.29, 1.82) is 0 Å². The molecule has 8 heteroatoms. The number of para-hydroxylation sites is 1. The highest BCUT2D eigenvalue weighted by Crippen LogP contribution is 2.21. The van der Waals surface area contributed by atoms with Crippen molar-refractivity contribution in [2.45, 2.75) is 26.4 Å². The molecule has 4 aromatic rings. The first-order valence-electron chi connectivity index (χ1n) is 12.4. The highest BCUT2D eigenvalue weighted by molar-refractivity contribution is 5.94. The number of nitrogens with zero attached hydrogens (tertiary/aromatic N) is 4. The minimum absolute atomic E-state index is 0.00193. The Kier molecular flexibility index (Phi) is 7.26. The first-order chi connectivity index (χ1) is 18.1. The number of aromatic nitrogens is 3. The largest absolute Gasteiger partial charge is 0.484 e. The van der Waals surface area contributed by atoms with Crippen molar-refractivity contribution in [1.82, 2.24) is 25.0 Å². The molecule has 1 aromatic heterocycles. The Bertz CT molecular complexity index is 1370. The number of nitrogens with one attached hydrogen (secondary N) is 1. The topological polar surface area (TPSA) is 89.3 Å². The van der Waals surface area contributed by atoms with E-state index in [4.69, 9.17) is 4.74 Å². The fourth-order valence-corrected chi connectivity index (χ4v) is 4.34. The number of rotatable bonds is 7. The Morgan fingerprint density at radius 2 is 1.57 bits per heavy atom. The van der Waals surface area contributed by atoms with E-state index in [1.54, 1.807) is 12.1 Å². The van der Waals surface area contributed by atoms with Gasteiger partial charge in [-0.2, -0.15) is 0 Å². The van der Waals surface area contributed by atoms with Crippen molar-refractivity contribution in [3.8, 4) is 16.9 Å². The standard InChI is InChI=1S/C29H29N5O3/c1-21-7-9-22(10-8-21)23-11-13-24(14-12-23)29(36)33-16-15-26-31-32-27(34(26)18-17-33)19-30-28(35)20-37-25-5-3-2-4-6-25/h2-14H,15-20H2,1H3,(H,30,35). The molecule has 2 amide bonds. The second-order valence-electron chi connectivity index (χ2n) is 9.05. The van der Waals surface area contributed by atoms with Crippen LogP contribution in [0.3, 0.4) is 0 Å². The maximum Gasteiger partial charge on any atom is 0.258 e. The van der Waals surface area contributed by atoms with Gasteiger partial charge in [-0.15, -0.1) is 10.2 Å². The molecule has 0 spiro atoms. The molecule has 8 nitrogen and oxygen atoms in total. The lowest BCUT2D eigenvalue weighted by molar-refractivity contribution is -0.123. The quantitative estimate of drug-likeness (QED) is 0.423. The lowest BCUT2D eigenvalue weighted by Gasteiger charge is -2.20. The average molecular weight is 496 g/mol. The van der Waals surface area contributed by atoms with E-state index < -0.39 is 0 Å². The lowest BCUT2D eigenvalue weighted by atomic mass is 10.0. The third-order valence-electron chi connectivity index (χ3n) is 6.46. The van der Waals surface area contributed by atoms with E-state index in [0.717, 1.165) is 17.0 Å². The molecule has 0 aliphatic carbocycles. The van der Waals surface area contributed by atoms with Crippen LogP contribution >= 0.6 is 0 Å². The molecule has 0 bridgehead atoms. The van der Waals surface area contributed by atoms with Crippen LogP contribution in [-0.4, -0.2) is 51.2 Å². The molecule has 0 fully saturated rings. The van der Waals surface area contributed by atoms with Crippen LogP contribution in [0.4, 0.5) is 0 Å². The summed E-state index contributed by atoms with van der Waals surface area (Å²) in [6.45, 7) is 3.92. The van der Waals surface area contributed by atoms with Crippen LogP contribution in [0.1, 0.15) is 27.6 Å². The van der Waals surface area contributed by atoms with E-state index in [9.17, 15) is 9.59 Å². The summed E-state index contributed by atoms with van der Waals surface area (Å²) in [5.41, 5.74) is 4.09. The molecule has 0 radical (unpaired) electrons. The Hall–Kier alpha value is -4.46. The normalized spacial score (nSPS) is 12.9. The maximum atomic E-state index is 13.2. The molecule has 2 heterocycles.